The summed E-state index contributed by atoms with van der Waals surface area (Å²) >= 11 is 6.14. The Balaban J connectivity index is 2.26. The van der Waals surface area contributed by atoms with E-state index in [2.05, 4.69) is 9.72 Å². The number of aromatic nitrogens is 1. The molecule has 0 aliphatic rings. The first-order chi connectivity index (χ1) is 11.6. The van der Waals surface area contributed by atoms with E-state index in [0.29, 0.717) is 16.9 Å². The van der Waals surface area contributed by atoms with Crippen molar-refractivity contribution in [2.75, 3.05) is 7.11 Å². The molecule has 0 atom stereocenters. The summed E-state index contributed by atoms with van der Waals surface area (Å²) in [5.41, 5.74) is 0.847. The number of methoxy groups -OCH3 is 1. The summed E-state index contributed by atoms with van der Waals surface area (Å²) in [5, 5.41) is 17.8. The fourth-order valence-electron chi connectivity index (χ4n) is 1.77. The topological polar surface area (TPSA) is 96.0 Å². The Hall–Kier alpha value is -3.35. The maximum Gasteiger partial charge on any atom is 0.338 e. The maximum absolute atomic E-state index is 11.5. The van der Waals surface area contributed by atoms with E-state index in [1.165, 1.54) is 31.5 Å². The number of benzene rings is 1. The molecule has 1 aromatic carbocycles. The van der Waals surface area contributed by atoms with Crippen molar-refractivity contribution in [2.24, 2.45) is 0 Å². The summed E-state index contributed by atoms with van der Waals surface area (Å²) in [6.07, 6.45) is 2.82. The van der Waals surface area contributed by atoms with E-state index in [1.807, 2.05) is 0 Å². The van der Waals surface area contributed by atoms with Crippen LogP contribution in [0.3, 0.4) is 0 Å². The molecular formula is C17H10ClN3O3. The number of nitriles is 2. The predicted octanol–water partition coefficient (Wildman–Crippen LogP) is 3.74. The van der Waals surface area contributed by atoms with E-state index in [1.54, 1.807) is 30.3 Å². The van der Waals surface area contributed by atoms with Gasteiger partial charge in [0.15, 0.2) is 0 Å². The van der Waals surface area contributed by atoms with E-state index in [0.717, 1.165) is 0 Å². The Morgan fingerprint density at radius 1 is 1.25 bits per heavy atom. The van der Waals surface area contributed by atoms with Crippen molar-refractivity contribution in [3.63, 3.8) is 0 Å². The van der Waals surface area contributed by atoms with Crippen molar-refractivity contribution >= 4 is 23.6 Å². The van der Waals surface area contributed by atoms with Crippen molar-refractivity contribution in [1.82, 2.24) is 4.98 Å². The minimum Gasteiger partial charge on any atom is -0.465 e. The minimum atomic E-state index is -0.505. The highest BCUT2D eigenvalue weighted by Gasteiger charge is 2.10. The Kier molecular flexibility index (Phi) is 5.51. The van der Waals surface area contributed by atoms with Gasteiger partial charge in [-0.25, -0.2) is 9.78 Å². The average Bonchev–Trinajstić information content (AvgIpc) is 2.61. The predicted molar refractivity (Wildman–Crippen MR) is 86.3 cm³/mol. The summed E-state index contributed by atoms with van der Waals surface area (Å²) in [5.74, 6) is -0.00834. The molecule has 0 bridgehead atoms. The summed E-state index contributed by atoms with van der Waals surface area (Å²) in [4.78, 5) is 15.5. The first kappa shape index (κ1) is 17.0. The fourth-order valence-corrected chi connectivity index (χ4v) is 2.00. The Morgan fingerprint density at radius 2 is 2.00 bits per heavy atom. The lowest BCUT2D eigenvalue weighted by atomic mass is 10.1. The van der Waals surface area contributed by atoms with Crippen molar-refractivity contribution in [1.29, 1.82) is 10.5 Å². The zero-order valence-corrected chi connectivity index (χ0v) is 13.2. The summed E-state index contributed by atoms with van der Waals surface area (Å²) in [6, 6.07) is 11.2. The number of hydrogen-bond donors (Lipinski definition) is 0. The lowest BCUT2D eigenvalue weighted by molar-refractivity contribution is 0.0600. The number of hydrogen-bond acceptors (Lipinski definition) is 6. The van der Waals surface area contributed by atoms with Gasteiger partial charge in [0.2, 0.25) is 5.88 Å². The number of carbonyl (C=O) groups is 1. The molecule has 0 spiro atoms. The normalized spacial score (nSPS) is 9.33. The van der Waals surface area contributed by atoms with E-state index >= 15 is 0 Å². The van der Waals surface area contributed by atoms with Gasteiger partial charge in [-0.1, -0.05) is 17.7 Å². The van der Waals surface area contributed by atoms with E-state index < -0.39 is 5.97 Å². The molecule has 0 saturated carbocycles. The monoisotopic (exact) mass is 339 g/mol. The number of halogens is 1. The molecule has 0 N–H and O–H groups in total. The van der Waals surface area contributed by atoms with Gasteiger partial charge in [0.05, 0.1) is 17.7 Å². The molecule has 1 aromatic heterocycles. The van der Waals surface area contributed by atoms with Crippen molar-refractivity contribution in [3.05, 3.63) is 58.3 Å². The van der Waals surface area contributed by atoms with Crippen molar-refractivity contribution < 1.29 is 14.3 Å². The number of nitrogens with zero attached hydrogens (tertiary/aromatic N) is 3. The molecule has 7 heteroatoms. The smallest absolute Gasteiger partial charge is 0.338 e. The second kappa shape index (κ2) is 7.77. The zero-order valence-electron chi connectivity index (χ0n) is 12.5. The van der Waals surface area contributed by atoms with Crippen LogP contribution in [0.2, 0.25) is 5.02 Å². The van der Waals surface area contributed by atoms with Crippen LogP contribution in [0, 0.1) is 22.7 Å². The number of allylic oxidation sites excluding steroid dienone is 1. The Labute approximate surface area is 143 Å². The van der Waals surface area contributed by atoms with Crippen LogP contribution >= 0.6 is 11.6 Å². The highest BCUT2D eigenvalue weighted by atomic mass is 35.5. The molecule has 0 aliphatic carbocycles. The van der Waals surface area contributed by atoms with Gasteiger partial charge in [-0.2, -0.15) is 10.5 Å². The van der Waals surface area contributed by atoms with Gasteiger partial charge < -0.3 is 9.47 Å². The molecule has 2 rings (SSSR count). The third-order valence-corrected chi connectivity index (χ3v) is 3.17. The Bertz CT molecular complexity index is 879. The van der Waals surface area contributed by atoms with Gasteiger partial charge in [0.25, 0.3) is 0 Å². The molecule has 24 heavy (non-hydrogen) atoms. The summed E-state index contributed by atoms with van der Waals surface area (Å²) in [7, 11) is 1.28. The van der Waals surface area contributed by atoms with Gasteiger partial charge in [0, 0.05) is 12.3 Å². The third kappa shape index (κ3) is 4.10. The molecule has 118 valence electrons. The molecule has 0 unspecified atom stereocenters. The van der Waals surface area contributed by atoms with Crippen LogP contribution in [-0.4, -0.2) is 18.1 Å². The zero-order chi connectivity index (χ0) is 17.5. The first-order valence-electron chi connectivity index (χ1n) is 6.61. The van der Waals surface area contributed by atoms with Gasteiger partial charge in [0.1, 0.15) is 23.5 Å². The number of carbonyl (C=O) groups excluding carboxylic acids is 1. The standard InChI is InChI=1S/C17H10ClN3O3/c1-23-17(22)13-4-5-21-16(8-13)24-15-3-2-11(7-14(15)18)6-12(9-19)10-20/h2-8H,1H3. The first-order valence-corrected chi connectivity index (χ1v) is 6.99. The van der Waals surface area contributed by atoms with E-state index in [9.17, 15) is 4.79 Å². The quantitative estimate of drug-likeness (QED) is 0.621. The number of ether oxygens (including phenoxy) is 2. The van der Waals surface area contributed by atoms with Gasteiger partial charge in [-0.3, -0.25) is 0 Å². The fraction of sp³-hybridized carbons (Fsp3) is 0.0588. The minimum absolute atomic E-state index is 0.0350. The lowest BCUT2D eigenvalue weighted by Gasteiger charge is -2.08. The molecule has 1 heterocycles. The number of esters is 1. The summed E-state index contributed by atoms with van der Waals surface area (Å²) < 4.78 is 10.2. The SMILES string of the molecule is COC(=O)c1ccnc(Oc2ccc(C=C(C#N)C#N)cc2Cl)c1. The largest absolute Gasteiger partial charge is 0.465 e. The van der Waals surface area contributed by atoms with Crippen LogP contribution in [0.15, 0.2) is 42.1 Å². The molecular weight excluding hydrogens is 330 g/mol. The van der Waals surface area contributed by atoms with Crippen molar-refractivity contribution in [3.8, 4) is 23.8 Å². The lowest BCUT2D eigenvalue weighted by Crippen LogP contribution is -2.01. The van der Waals surface area contributed by atoms with Crippen LogP contribution in [0.1, 0.15) is 15.9 Å². The van der Waals surface area contributed by atoms with E-state index in [-0.39, 0.29) is 16.5 Å². The molecule has 0 amide bonds. The van der Waals surface area contributed by atoms with Crippen LogP contribution in [0.5, 0.6) is 11.6 Å². The number of pyridine rings is 1. The molecule has 0 aliphatic heterocycles. The van der Waals surface area contributed by atoms with Crippen LogP contribution in [-0.2, 0) is 4.74 Å². The molecule has 2 aromatic rings. The van der Waals surface area contributed by atoms with Gasteiger partial charge in [-0.05, 0) is 29.8 Å². The van der Waals surface area contributed by atoms with Crippen LogP contribution in [0.4, 0.5) is 0 Å². The van der Waals surface area contributed by atoms with Crippen LogP contribution in [0.25, 0.3) is 6.08 Å². The van der Waals surface area contributed by atoms with E-state index in [4.69, 9.17) is 26.9 Å². The maximum atomic E-state index is 11.5. The van der Waals surface area contributed by atoms with Gasteiger partial charge in [-0.15, -0.1) is 0 Å². The summed E-state index contributed by atoms with van der Waals surface area (Å²) in [6.45, 7) is 0. The number of rotatable bonds is 4. The third-order valence-electron chi connectivity index (χ3n) is 2.88. The highest BCUT2D eigenvalue weighted by molar-refractivity contribution is 6.32. The molecule has 0 radical (unpaired) electrons. The highest BCUT2D eigenvalue weighted by Crippen LogP contribution is 2.30. The second-order valence-corrected chi connectivity index (χ2v) is 4.86. The van der Waals surface area contributed by atoms with Gasteiger partial charge >= 0.3 is 5.97 Å². The average molecular weight is 340 g/mol. The second-order valence-electron chi connectivity index (χ2n) is 4.45. The Morgan fingerprint density at radius 3 is 2.62 bits per heavy atom. The molecule has 0 fully saturated rings. The molecule has 6 nitrogen and oxygen atoms in total. The van der Waals surface area contributed by atoms with Crippen LogP contribution < -0.4 is 4.74 Å². The van der Waals surface area contributed by atoms with Crippen molar-refractivity contribution in [2.45, 2.75) is 0 Å². The molecule has 0 saturated heterocycles.